The number of hydrogen-bond donors (Lipinski definition) is 1. The maximum Gasteiger partial charge on any atom is 0.337 e. The van der Waals surface area contributed by atoms with Crippen molar-refractivity contribution in [2.24, 2.45) is 4.99 Å². The smallest absolute Gasteiger partial charge is 0.337 e. The number of nitrogens with zero attached hydrogens (tertiary/aromatic N) is 4. The monoisotopic (exact) mass is 529 g/mol. The van der Waals surface area contributed by atoms with E-state index in [0.717, 1.165) is 0 Å². The number of fused-ring (bicyclic) bond motifs is 1. The molecule has 1 unspecified atom stereocenters. The van der Waals surface area contributed by atoms with E-state index in [9.17, 15) is 24.5 Å². The van der Waals surface area contributed by atoms with Crippen molar-refractivity contribution in [2.75, 3.05) is 45.0 Å². The molecule has 11 nitrogen and oxygen atoms in total. The Balaban J connectivity index is 1.81. The van der Waals surface area contributed by atoms with E-state index in [1.54, 1.807) is 67.5 Å². The first kappa shape index (κ1) is 27.1. The van der Waals surface area contributed by atoms with Gasteiger partial charge < -0.3 is 19.9 Å². The Morgan fingerprint density at radius 2 is 1.74 bits per heavy atom. The first-order chi connectivity index (χ1) is 18.6. The van der Waals surface area contributed by atoms with Crippen molar-refractivity contribution in [1.29, 1.82) is 0 Å². The third-order valence-electron chi connectivity index (χ3n) is 6.24. The lowest BCUT2D eigenvalue weighted by molar-refractivity contribution is -0.384. The molecule has 0 saturated carbocycles. The minimum absolute atomic E-state index is 0.0829. The molecule has 1 heterocycles. The molecule has 0 bridgehead atoms. The number of nitrogens with one attached hydrogen (secondary N) is 1. The fourth-order valence-corrected chi connectivity index (χ4v) is 4.34. The number of carbonyl (C=O) groups excluding carboxylic acids is 3. The van der Waals surface area contributed by atoms with Crippen LogP contribution in [0, 0.1) is 10.1 Å². The molecule has 1 N–H and O–H groups in total. The molecule has 2 amide bonds. The average Bonchev–Trinajstić information content (AvgIpc) is 3.25. The minimum Gasteiger partial charge on any atom is -0.465 e. The lowest BCUT2D eigenvalue weighted by Gasteiger charge is -2.20. The first-order valence-corrected chi connectivity index (χ1v) is 12.0. The van der Waals surface area contributed by atoms with Gasteiger partial charge in [-0.25, -0.2) is 4.79 Å². The van der Waals surface area contributed by atoms with Crippen LogP contribution >= 0.6 is 0 Å². The quantitative estimate of drug-likeness (QED) is 0.203. The van der Waals surface area contributed by atoms with Crippen LogP contribution in [0.1, 0.15) is 27.4 Å². The molecule has 1 aliphatic rings. The van der Waals surface area contributed by atoms with Gasteiger partial charge in [0.1, 0.15) is 11.6 Å². The summed E-state index contributed by atoms with van der Waals surface area (Å²) in [6.45, 7) is 0.0829. The fourth-order valence-electron chi connectivity index (χ4n) is 4.34. The van der Waals surface area contributed by atoms with E-state index in [2.05, 4.69) is 5.32 Å². The molecule has 1 atom stereocenters. The number of esters is 1. The Bertz CT molecular complexity index is 1490. The largest absolute Gasteiger partial charge is 0.465 e. The van der Waals surface area contributed by atoms with E-state index in [1.165, 1.54) is 31.2 Å². The number of amides is 2. The number of methoxy groups -OCH3 is 1. The fraction of sp³-hybridized carbons (Fsp3) is 0.214. The summed E-state index contributed by atoms with van der Waals surface area (Å²) < 4.78 is 4.78. The number of nitro benzene ring substituents is 1. The molecule has 0 aliphatic carbocycles. The second-order valence-electron chi connectivity index (χ2n) is 9.20. The Morgan fingerprint density at radius 3 is 2.38 bits per heavy atom. The van der Waals surface area contributed by atoms with Crippen LogP contribution < -0.4 is 10.2 Å². The molecule has 3 aromatic rings. The number of benzene rings is 3. The summed E-state index contributed by atoms with van der Waals surface area (Å²) in [5.74, 6) is -2.03. The van der Waals surface area contributed by atoms with E-state index >= 15 is 0 Å². The molecule has 0 aromatic heterocycles. The maximum atomic E-state index is 13.2. The van der Waals surface area contributed by atoms with E-state index in [-0.39, 0.29) is 41.0 Å². The van der Waals surface area contributed by atoms with Gasteiger partial charge in [-0.15, -0.1) is 0 Å². The zero-order valence-electron chi connectivity index (χ0n) is 21.9. The van der Waals surface area contributed by atoms with Crippen LogP contribution in [0.15, 0.2) is 71.7 Å². The number of rotatable bonds is 8. The molecule has 200 valence electrons. The second-order valence-corrected chi connectivity index (χ2v) is 9.20. The van der Waals surface area contributed by atoms with E-state index in [1.807, 2.05) is 6.07 Å². The van der Waals surface area contributed by atoms with Crippen LogP contribution in [0.4, 0.5) is 22.7 Å². The Labute approximate surface area is 224 Å². The molecule has 0 spiro atoms. The van der Waals surface area contributed by atoms with Gasteiger partial charge in [-0.2, -0.15) is 0 Å². The molecule has 39 heavy (non-hydrogen) atoms. The van der Waals surface area contributed by atoms with Crippen LogP contribution in [0.25, 0.3) is 0 Å². The van der Waals surface area contributed by atoms with Crippen LogP contribution in [-0.4, -0.2) is 68.1 Å². The van der Waals surface area contributed by atoms with E-state index in [0.29, 0.717) is 22.5 Å². The molecular formula is C28H27N5O6. The van der Waals surface area contributed by atoms with E-state index in [4.69, 9.17) is 9.73 Å². The number of nitro groups is 1. The number of aliphatic imine (C=N–C) groups is 1. The van der Waals surface area contributed by atoms with Crippen molar-refractivity contribution in [3.05, 3.63) is 93.5 Å². The van der Waals surface area contributed by atoms with Crippen LogP contribution in [0.5, 0.6) is 0 Å². The van der Waals surface area contributed by atoms with Crippen molar-refractivity contribution < 1.29 is 24.0 Å². The normalized spacial score (nSPS) is 14.5. The highest BCUT2D eigenvalue weighted by Crippen LogP contribution is 2.38. The summed E-state index contributed by atoms with van der Waals surface area (Å²) in [5.41, 5.74) is 2.45. The van der Waals surface area contributed by atoms with Crippen molar-refractivity contribution in [2.45, 2.75) is 5.92 Å². The summed E-state index contributed by atoms with van der Waals surface area (Å²) in [6, 6.07) is 18.1. The highest BCUT2D eigenvalue weighted by atomic mass is 16.6. The predicted molar refractivity (Wildman–Crippen MR) is 147 cm³/mol. The van der Waals surface area contributed by atoms with Crippen LogP contribution in [-0.2, 0) is 14.3 Å². The number of carbonyl (C=O) groups is 3. The maximum absolute atomic E-state index is 13.2. The third kappa shape index (κ3) is 5.68. The molecule has 1 aliphatic heterocycles. The van der Waals surface area contributed by atoms with Gasteiger partial charge in [0.05, 0.1) is 35.5 Å². The van der Waals surface area contributed by atoms with Gasteiger partial charge >= 0.3 is 5.97 Å². The molecule has 11 heteroatoms. The minimum atomic E-state index is -0.836. The molecule has 0 fully saturated rings. The Hall–Kier alpha value is -4.90. The number of ether oxygens (including phenoxy) is 1. The topological polar surface area (TPSA) is 134 Å². The average molecular weight is 530 g/mol. The number of anilines is 2. The summed E-state index contributed by atoms with van der Waals surface area (Å²) in [6.07, 6.45) is 0. The summed E-state index contributed by atoms with van der Waals surface area (Å²) in [4.78, 5) is 56.8. The van der Waals surface area contributed by atoms with Crippen molar-refractivity contribution in [1.82, 2.24) is 4.90 Å². The highest BCUT2D eigenvalue weighted by molar-refractivity contribution is 6.24. The summed E-state index contributed by atoms with van der Waals surface area (Å²) in [5, 5.41) is 14.8. The summed E-state index contributed by atoms with van der Waals surface area (Å²) >= 11 is 0. The lowest BCUT2D eigenvalue weighted by atomic mass is 9.90. The van der Waals surface area contributed by atoms with Crippen molar-refractivity contribution >= 4 is 46.2 Å². The molecule has 0 radical (unpaired) electrons. The second kappa shape index (κ2) is 11.2. The Kier molecular flexibility index (Phi) is 7.82. The molecule has 4 rings (SSSR count). The van der Waals surface area contributed by atoms with Crippen molar-refractivity contribution in [3.63, 3.8) is 0 Å². The lowest BCUT2D eigenvalue weighted by Crippen LogP contribution is -2.35. The molecule has 3 aromatic carbocycles. The SMILES string of the molecule is COC(=O)c1ccc2c(c1)NC(=O)C2C(=Nc1ccc(N(C)C(=O)CN(C)C)c([N+](=O)[O-])c1)c1ccccc1. The molecule has 0 saturated heterocycles. The zero-order chi connectivity index (χ0) is 28.3. The molecular weight excluding hydrogens is 502 g/mol. The zero-order valence-corrected chi connectivity index (χ0v) is 21.9. The standard InChI is InChI=1S/C28H27N5O6/c1-31(2)16-24(34)32(3)22-13-11-19(15-23(22)33(37)38)29-26(17-8-6-5-7-9-17)25-20-12-10-18(28(36)39-4)14-21(20)30-27(25)35/h5-15,25H,16H2,1-4H3,(H,30,35). The van der Waals surface area contributed by atoms with Gasteiger partial charge in [0.25, 0.3) is 5.69 Å². The van der Waals surface area contributed by atoms with Gasteiger partial charge in [-0.05, 0) is 49.5 Å². The van der Waals surface area contributed by atoms with Crippen molar-refractivity contribution in [3.8, 4) is 0 Å². The third-order valence-corrected chi connectivity index (χ3v) is 6.24. The first-order valence-electron chi connectivity index (χ1n) is 12.0. The summed E-state index contributed by atoms with van der Waals surface area (Å²) in [7, 11) is 6.22. The van der Waals surface area contributed by atoms with Gasteiger partial charge in [0, 0.05) is 18.8 Å². The van der Waals surface area contributed by atoms with Gasteiger partial charge in [0.15, 0.2) is 0 Å². The predicted octanol–water partition coefficient (Wildman–Crippen LogP) is 3.76. The van der Waals surface area contributed by atoms with Gasteiger partial charge in [0.2, 0.25) is 11.8 Å². The van der Waals surface area contributed by atoms with Gasteiger partial charge in [-0.3, -0.25) is 24.7 Å². The highest BCUT2D eigenvalue weighted by Gasteiger charge is 2.36. The van der Waals surface area contributed by atoms with Crippen LogP contribution in [0.3, 0.4) is 0 Å². The Morgan fingerprint density at radius 1 is 1.03 bits per heavy atom. The number of hydrogen-bond acceptors (Lipinski definition) is 8. The number of likely N-dealkylation sites (N-methyl/N-ethyl adjacent to an activating group) is 2. The van der Waals surface area contributed by atoms with E-state index < -0.39 is 16.8 Å². The van der Waals surface area contributed by atoms with Gasteiger partial charge in [-0.1, -0.05) is 36.4 Å². The van der Waals surface area contributed by atoms with Crippen LogP contribution in [0.2, 0.25) is 0 Å².